The van der Waals surface area contributed by atoms with Crippen molar-refractivity contribution in [3.63, 3.8) is 0 Å². The summed E-state index contributed by atoms with van der Waals surface area (Å²) in [7, 11) is 0. The molecule has 0 saturated carbocycles. The standard InChI is InChI=1S/C19H30N2O2/c1-3-7-18(17-8-5-4-6-9-17)20-19(23)14-21-12-10-16(11-13-21)15(2)22/h4-6,8-9,15-16,18,22H,3,7,10-14H2,1-2H3,(H,20,23). The van der Waals surface area contributed by atoms with Crippen LogP contribution in [0.15, 0.2) is 30.3 Å². The second-order valence-electron chi connectivity index (χ2n) is 6.67. The fourth-order valence-electron chi connectivity index (χ4n) is 3.33. The minimum absolute atomic E-state index is 0.0998. The van der Waals surface area contributed by atoms with Crippen LogP contribution in [0.3, 0.4) is 0 Å². The molecule has 1 aliphatic rings. The number of likely N-dealkylation sites (tertiary alicyclic amines) is 1. The monoisotopic (exact) mass is 318 g/mol. The lowest BCUT2D eigenvalue weighted by Crippen LogP contribution is -2.43. The zero-order valence-corrected chi connectivity index (χ0v) is 14.4. The number of amides is 1. The van der Waals surface area contributed by atoms with Crippen LogP contribution in [0.4, 0.5) is 0 Å². The minimum Gasteiger partial charge on any atom is -0.393 e. The summed E-state index contributed by atoms with van der Waals surface area (Å²) in [4.78, 5) is 14.6. The van der Waals surface area contributed by atoms with Crippen molar-refractivity contribution in [3.8, 4) is 0 Å². The number of rotatable bonds is 7. The number of benzene rings is 1. The van der Waals surface area contributed by atoms with Crippen LogP contribution in [0.2, 0.25) is 0 Å². The molecule has 1 fully saturated rings. The van der Waals surface area contributed by atoms with Gasteiger partial charge in [0.05, 0.1) is 18.7 Å². The fourth-order valence-corrected chi connectivity index (χ4v) is 3.33. The van der Waals surface area contributed by atoms with E-state index in [2.05, 4.69) is 29.3 Å². The van der Waals surface area contributed by atoms with Crippen molar-refractivity contribution in [1.29, 1.82) is 0 Å². The highest BCUT2D eigenvalue weighted by Crippen LogP contribution is 2.21. The molecule has 2 unspecified atom stereocenters. The van der Waals surface area contributed by atoms with Gasteiger partial charge in [0.1, 0.15) is 0 Å². The van der Waals surface area contributed by atoms with Gasteiger partial charge in [-0.1, -0.05) is 43.7 Å². The Kier molecular flexibility index (Phi) is 7.06. The van der Waals surface area contributed by atoms with Gasteiger partial charge in [-0.25, -0.2) is 0 Å². The number of nitrogens with one attached hydrogen (secondary N) is 1. The Morgan fingerprint density at radius 2 is 1.96 bits per heavy atom. The molecule has 0 aliphatic carbocycles. The fraction of sp³-hybridized carbons (Fsp3) is 0.632. The maximum Gasteiger partial charge on any atom is 0.234 e. The molecular weight excluding hydrogens is 288 g/mol. The van der Waals surface area contributed by atoms with Crippen LogP contribution < -0.4 is 5.32 Å². The van der Waals surface area contributed by atoms with Crippen LogP contribution in [0.5, 0.6) is 0 Å². The summed E-state index contributed by atoms with van der Waals surface area (Å²) >= 11 is 0. The summed E-state index contributed by atoms with van der Waals surface area (Å²) in [6, 6.07) is 10.3. The van der Waals surface area contributed by atoms with Crippen LogP contribution in [0.1, 0.15) is 51.1 Å². The van der Waals surface area contributed by atoms with Crippen molar-refractivity contribution in [2.75, 3.05) is 19.6 Å². The molecule has 0 radical (unpaired) electrons. The zero-order chi connectivity index (χ0) is 16.7. The van der Waals surface area contributed by atoms with Crippen molar-refractivity contribution in [2.45, 2.75) is 51.7 Å². The lowest BCUT2D eigenvalue weighted by Gasteiger charge is -2.33. The molecule has 2 N–H and O–H groups in total. The van der Waals surface area contributed by atoms with Crippen LogP contribution in [-0.2, 0) is 4.79 Å². The molecule has 23 heavy (non-hydrogen) atoms. The second-order valence-corrected chi connectivity index (χ2v) is 6.67. The molecule has 0 spiro atoms. The van der Waals surface area contributed by atoms with Crippen LogP contribution in [0, 0.1) is 5.92 Å². The smallest absolute Gasteiger partial charge is 0.234 e. The van der Waals surface area contributed by atoms with Gasteiger partial charge < -0.3 is 10.4 Å². The van der Waals surface area contributed by atoms with Crippen molar-refractivity contribution in [3.05, 3.63) is 35.9 Å². The molecular formula is C19H30N2O2. The Morgan fingerprint density at radius 3 is 2.52 bits per heavy atom. The molecule has 1 aromatic rings. The quantitative estimate of drug-likeness (QED) is 0.813. The molecule has 128 valence electrons. The molecule has 1 heterocycles. The number of piperidine rings is 1. The molecule has 0 bridgehead atoms. The van der Waals surface area contributed by atoms with Gasteiger partial charge in [-0.15, -0.1) is 0 Å². The molecule has 1 amide bonds. The molecule has 1 aromatic carbocycles. The summed E-state index contributed by atoms with van der Waals surface area (Å²) < 4.78 is 0. The van der Waals surface area contributed by atoms with E-state index in [-0.39, 0.29) is 18.1 Å². The van der Waals surface area contributed by atoms with Crippen LogP contribution >= 0.6 is 0 Å². The Morgan fingerprint density at radius 1 is 1.30 bits per heavy atom. The first-order valence-corrected chi connectivity index (χ1v) is 8.85. The third-order valence-electron chi connectivity index (χ3n) is 4.80. The maximum absolute atomic E-state index is 12.4. The van der Waals surface area contributed by atoms with Gasteiger partial charge in [-0.3, -0.25) is 9.69 Å². The van der Waals surface area contributed by atoms with Gasteiger partial charge in [0.2, 0.25) is 5.91 Å². The Hall–Kier alpha value is -1.39. The van der Waals surface area contributed by atoms with E-state index in [4.69, 9.17) is 0 Å². The zero-order valence-electron chi connectivity index (χ0n) is 14.4. The van der Waals surface area contributed by atoms with Gasteiger partial charge >= 0.3 is 0 Å². The summed E-state index contributed by atoms with van der Waals surface area (Å²) in [6.07, 6.45) is 3.71. The van der Waals surface area contributed by atoms with Gasteiger partial charge in [-0.05, 0) is 50.8 Å². The first-order chi connectivity index (χ1) is 11.1. The highest BCUT2D eigenvalue weighted by Gasteiger charge is 2.24. The SMILES string of the molecule is CCCC(NC(=O)CN1CCC(C(C)O)CC1)c1ccccc1. The first kappa shape index (κ1) is 18.0. The molecule has 1 aliphatic heterocycles. The number of nitrogens with zero attached hydrogens (tertiary/aromatic N) is 1. The summed E-state index contributed by atoms with van der Waals surface area (Å²) in [5, 5.41) is 12.8. The third-order valence-corrected chi connectivity index (χ3v) is 4.80. The van der Waals surface area contributed by atoms with E-state index in [1.807, 2.05) is 25.1 Å². The average molecular weight is 318 g/mol. The summed E-state index contributed by atoms with van der Waals surface area (Å²) in [6.45, 7) is 6.25. The van der Waals surface area contributed by atoms with E-state index in [1.54, 1.807) is 0 Å². The Bertz CT molecular complexity index is 468. The van der Waals surface area contributed by atoms with Gasteiger partial charge in [0.15, 0.2) is 0 Å². The van der Waals surface area contributed by atoms with E-state index < -0.39 is 0 Å². The highest BCUT2D eigenvalue weighted by molar-refractivity contribution is 5.78. The Balaban J connectivity index is 1.83. The predicted octanol–water partition coefficient (Wildman–Crippen LogP) is 2.74. The van der Waals surface area contributed by atoms with E-state index in [1.165, 1.54) is 5.56 Å². The molecule has 4 heteroatoms. The van der Waals surface area contributed by atoms with Crippen LogP contribution in [0.25, 0.3) is 0 Å². The number of hydrogen-bond donors (Lipinski definition) is 2. The molecule has 0 aromatic heterocycles. The Labute approximate surface area is 139 Å². The number of aliphatic hydroxyl groups is 1. The summed E-state index contributed by atoms with van der Waals surface area (Å²) in [5.41, 5.74) is 1.18. The van der Waals surface area contributed by atoms with Gasteiger partial charge in [0, 0.05) is 0 Å². The van der Waals surface area contributed by atoms with Crippen molar-refractivity contribution < 1.29 is 9.90 Å². The lowest BCUT2D eigenvalue weighted by atomic mass is 9.92. The number of hydrogen-bond acceptors (Lipinski definition) is 3. The van der Waals surface area contributed by atoms with E-state index in [0.717, 1.165) is 38.8 Å². The number of carbonyl (C=O) groups excluding carboxylic acids is 1. The van der Waals surface area contributed by atoms with Crippen molar-refractivity contribution in [2.24, 2.45) is 5.92 Å². The largest absolute Gasteiger partial charge is 0.393 e. The molecule has 1 saturated heterocycles. The minimum atomic E-state index is -0.238. The molecule has 4 nitrogen and oxygen atoms in total. The van der Waals surface area contributed by atoms with Gasteiger partial charge in [-0.2, -0.15) is 0 Å². The van der Waals surface area contributed by atoms with Crippen molar-refractivity contribution in [1.82, 2.24) is 10.2 Å². The average Bonchev–Trinajstić information content (AvgIpc) is 2.55. The topological polar surface area (TPSA) is 52.6 Å². The molecule has 2 atom stereocenters. The van der Waals surface area contributed by atoms with E-state index in [0.29, 0.717) is 12.5 Å². The molecule has 2 rings (SSSR count). The lowest BCUT2D eigenvalue weighted by molar-refractivity contribution is -0.123. The first-order valence-electron chi connectivity index (χ1n) is 8.85. The van der Waals surface area contributed by atoms with Gasteiger partial charge in [0.25, 0.3) is 0 Å². The normalized spacial score (nSPS) is 19.3. The number of aliphatic hydroxyl groups excluding tert-OH is 1. The summed E-state index contributed by atoms with van der Waals surface area (Å²) in [5.74, 6) is 0.481. The second kappa shape index (κ2) is 9.04. The third kappa shape index (κ3) is 5.63. The predicted molar refractivity (Wildman–Crippen MR) is 93.1 cm³/mol. The number of carbonyl (C=O) groups is 1. The van der Waals surface area contributed by atoms with Crippen molar-refractivity contribution >= 4 is 5.91 Å². The van der Waals surface area contributed by atoms with Crippen LogP contribution in [-0.4, -0.2) is 41.7 Å². The van der Waals surface area contributed by atoms with E-state index in [9.17, 15) is 9.90 Å². The van der Waals surface area contributed by atoms with E-state index >= 15 is 0 Å². The maximum atomic E-state index is 12.4. The highest BCUT2D eigenvalue weighted by atomic mass is 16.3.